The molecule has 0 N–H and O–H groups in total. The van der Waals surface area contributed by atoms with Crippen molar-refractivity contribution in [1.29, 1.82) is 0 Å². The van der Waals surface area contributed by atoms with E-state index in [2.05, 4.69) is 0 Å². The van der Waals surface area contributed by atoms with Gasteiger partial charge >= 0.3 is 5.91 Å². The Bertz CT molecular complexity index is 116. The molecule has 0 saturated carbocycles. The van der Waals surface area contributed by atoms with E-state index in [0.717, 1.165) is 6.42 Å². The van der Waals surface area contributed by atoms with Gasteiger partial charge in [-0.1, -0.05) is 6.92 Å². The Kier molecular flexibility index (Phi) is 3.08. The maximum atomic E-state index is 10.4. The lowest BCUT2D eigenvalue weighted by atomic mass is 10.5. The van der Waals surface area contributed by atoms with Crippen LogP contribution in [0.4, 0.5) is 0 Å². The molecular formula is C6H12NO+. The van der Waals surface area contributed by atoms with Crippen molar-refractivity contribution < 1.29 is 9.37 Å². The summed E-state index contributed by atoms with van der Waals surface area (Å²) in [4.78, 5) is 10.4. The molecule has 0 aliphatic carbocycles. The lowest BCUT2D eigenvalue weighted by Gasteiger charge is -1.83. The van der Waals surface area contributed by atoms with E-state index < -0.39 is 0 Å². The fourth-order valence-corrected chi connectivity index (χ4v) is 0.402. The second kappa shape index (κ2) is 3.36. The molecule has 0 fully saturated rings. The van der Waals surface area contributed by atoms with Gasteiger partial charge in [0.15, 0.2) is 0 Å². The second-order valence-corrected chi connectivity index (χ2v) is 1.72. The maximum absolute atomic E-state index is 10.4. The molecule has 0 bridgehead atoms. The fourth-order valence-electron chi connectivity index (χ4n) is 0.402. The van der Waals surface area contributed by atoms with Gasteiger partial charge in [-0.15, -0.1) is 0 Å². The highest BCUT2D eigenvalue weighted by Crippen LogP contribution is 1.70. The van der Waals surface area contributed by atoms with E-state index in [1.54, 1.807) is 18.5 Å². The Morgan fingerprint density at radius 2 is 2.25 bits per heavy atom. The molecule has 0 unspecified atom stereocenters. The molecular weight excluding hydrogens is 102 g/mol. The van der Waals surface area contributed by atoms with Crippen LogP contribution in [-0.4, -0.2) is 23.7 Å². The number of carbonyl (C=O) groups excluding carboxylic acids is 1. The van der Waals surface area contributed by atoms with E-state index in [1.807, 2.05) is 13.1 Å². The van der Waals surface area contributed by atoms with E-state index in [4.69, 9.17) is 0 Å². The third-order valence-electron chi connectivity index (χ3n) is 0.953. The SMILES string of the molecule is CC/C=[N+](\C)C(C)=O. The van der Waals surface area contributed by atoms with E-state index in [0.29, 0.717) is 0 Å². The highest BCUT2D eigenvalue weighted by atomic mass is 16.1. The Hall–Kier alpha value is -0.660. The van der Waals surface area contributed by atoms with Gasteiger partial charge < -0.3 is 0 Å². The highest BCUT2D eigenvalue weighted by Gasteiger charge is 1.98. The summed E-state index contributed by atoms with van der Waals surface area (Å²) in [6.07, 6.45) is 2.76. The lowest BCUT2D eigenvalue weighted by Crippen LogP contribution is -2.12. The minimum Gasteiger partial charge on any atom is -0.220 e. The molecule has 0 radical (unpaired) electrons. The average Bonchev–Trinajstić information content (AvgIpc) is 1.67. The summed E-state index contributed by atoms with van der Waals surface area (Å²) in [5, 5.41) is 0. The summed E-state index contributed by atoms with van der Waals surface area (Å²) in [5.74, 6) is 0.0897. The summed E-state index contributed by atoms with van der Waals surface area (Å²) in [5.41, 5.74) is 0. The highest BCUT2D eigenvalue weighted by molar-refractivity contribution is 5.69. The van der Waals surface area contributed by atoms with Gasteiger partial charge in [0.05, 0.1) is 6.92 Å². The number of carbonyl (C=O) groups is 1. The predicted molar refractivity (Wildman–Crippen MR) is 33.2 cm³/mol. The monoisotopic (exact) mass is 114 g/mol. The van der Waals surface area contributed by atoms with Crippen molar-refractivity contribution >= 4 is 12.1 Å². The fraction of sp³-hybridized carbons (Fsp3) is 0.667. The van der Waals surface area contributed by atoms with Gasteiger partial charge in [0, 0.05) is 6.42 Å². The molecule has 0 saturated heterocycles. The van der Waals surface area contributed by atoms with Crippen LogP contribution < -0.4 is 0 Å². The molecule has 0 aromatic heterocycles. The van der Waals surface area contributed by atoms with Crippen molar-refractivity contribution in [3.63, 3.8) is 0 Å². The van der Waals surface area contributed by atoms with E-state index in [1.165, 1.54) is 0 Å². The molecule has 0 aliphatic rings. The van der Waals surface area contributed by atoms with Crippen LogP contribution in [0.15, 0.2) is 0 Å². The number of nitrogens with zero attached hydrogens (tertiary/aromatic N) is 1. The van der Waals surface area contributed by atoms with Gasteiger partial charge in [-0.3, -0.25) is 0 Å². The van der Waals surface area contributed by atoms with Crippen molar-refractivity contribution in [2.45, 2.75) is 20.3 Å². The quantitative estimate of drug-likeness (QED) is 0.362. The summed E-state index contributed by atoms with van der Waals surface area (Å²) in [6, 6.07) is 0. The number of hydrogen-bond acceptors (Lipinski definition) is 1. The standard InChI is InChI=1S/C6H12NO/c1-4-5-7(3)6(2)8/h5H,4H2,1-3H3/q+1/b7-5+. The molecule has 0 aromatic carbocycles. The van der Waals surface area contributed by atoms with Gasteiger partial charge in [-0.05, 0) is 0 Å². The smallest absolute Gasteiger partial charge is 0.220 e. The second-order valence-electron chi connectivity index (χ2n) is 1.72. The van der Waals surface area contributed by atoms with Crippen LogP contribution in [0.2, 0.25) is 0 Å². The summed E-state index contributed by atoms with van der Waals surface area (Å²) in [7, 11) is 1.76. The molecule has 1 amide bonds. The first-order valence-electron chi connectivity index (χ1n) is 2.75. The van der Waals surface area contributed by atoms with Crippen LogP contribution in [0.25, 0.3) is 0 Å². The van der Waals surface area contributed by atoms with Gasteiger partial charge in [0.2, 0.25) is 0 Å². The summed E-state index contributed by atoms with van der Waals surface area (Å²) < 4.78 is 1.58. The molecule has 0 atom stereocenters. The molecule has 0 aliphatic heterocycles. The Balaban J connectivity index is 3.80. The minimum absolute atomic E-state index is 0.0897. The third kappa shape index (κ3) is 2.50. The largest absolute Gasteiger partial charge is 0.383 e. The maximum Gasteiger partial charge on any atom is 0.383 e. The Morgan fingerprint density at radius 1 is 1.75 bits per heavy atom. The predicted octanol–water partition coefficient (Wildman–Crippen LogP) is 0.656. The average molecular weight is 114 g/mol. The van der Waals surface area contributed by atoms with Crippen molar-refractivity contribution in [1.82, 2.24) is 0 Å². The van der Waals surface area contributed by atoms with Gasteiger partial charge in [-0.25, -0.2) is 4.79 Å². The normalized spacial score (nSPS) is 11.6. The van der Waals surface area contributed by atoms with Crippen LogP contribution in [-0.2, 0) is 4.79 Å². The first-order chi connectivity index (χ1) is 3.68. The van der Waals surface area contributed by atoms with Crippen LogP contribution in [0, 0.1) is 0 Å². The first kappa shape index (κ1) is 7.34. The van der Waals surface area contributed by atoms with Crippen molar-refractivity contribution in [2.24, 2.45) is 0 Å². The molecule has 0 rings (SSSR count). The van der Waals surface area contributed by atoms with Crippen LogP contribution >= 0.6 is 0 Å². The molecule has 0 heterocycles. The molecule has 0 aromatic rings. The van der Waals surface area contributed by atoms with Crippen molar-refractivity contribution in [3.05, 3.63) is 0 Å². The van der Waals surface area contributed by atoms with Crippen molar-refractivity contribution in [3.8, 4) is 0 Å². The van der Waals surface area contributed by atoms with E-state index in [9.17, 15) is 4.79 Å². The zero-order valence-corrected chi connectivity index (χ0v) is 5.64. The Labute approximate surface area is 49.8 Å². The van der Waals surface area contributed by atoms with Gasteiger partial charge in [-0.2, -0.15) is 4.58 Å². The van der Waals surface area contributed by atoms with Crippen LogP contribution in [0.5, 0.6) is 0 Å². The number of rotatable bonds is 1. The molecule has 2 heteroatoms. The third-order valence-corrected chi connectivity index (χ3v) is 0.953. The number of hydrogen-bond donors (Lipinski definition) is 0. The zero-order valence-electron chi connectivity index (χ0n) is 5.64. The van der Waals surface area contributed by atoms with Crippen molar-refractivity contribution in [2.75, 3.05) is 7.05 Å². The van der Waals surface area contributed by atoms with Crippen LogP contribution in [0.1, 0.15) is 20.3 Å². The summed E-state index contributed by atoms with van der Waals surface area (Å²) >= 11 is 0. The van der Waals surface area contributed by atoms with Crippen LogP contribution in [0.3, 0.4) is 0 Å². The van der Waals surface area contributed by atoms with Gasteiger partial charge in [0.1, 0.15) is 13.3 Å². The molecule has 0 spiro atoms. The molecule has 8 heavy (non-hydrogen) atoms. The number of amides is 1. The van der Waals surface area contributed by atoms with E-state index in [-0.39, 0.29) is 5.91 Å². The molecule has 2 nitrogen and oxygen atoms in total. The lowest BCUT2D eigenvalue weighted by molar-refractivity contribution is -0.413. The topological polar surface area (TPSA) is 20.1 Å². The summed E-state index contributed by atoms with van der Waals surface area (Å²) in [6.45, 7) is 3.55. The first-order valence-corrected chi connectivity index (χ1v) is 2.75. The van der Waals surface area contributed by atoms with E-state index >= 15 is 0 Å². The Morgan fingerprint density at radius 3 is 2.38 bits per heavy atom. The zero-order chi connectivity index (χ0) is 6.57. The van der Waals surface area contributed by atoms with Gasteiger partial charge in [0.25, 0.3) is 0 Å². The molecule has 46 valence electrons. The minimum atomic E-state index is 0.0897.